The Morgan fingerprint density at radius 1 is 1.12 bits per heavy atom. The van der Waals surface area contributed by atoms with Crippen molar-refractivity contribution < 1.29 is 4.79 Å². The van der Waals surface area contributed by atoms with Crippen molar-refractivity contribution in [1.29, 1.82) is 0 Å². The smallest absolute Gasteiger partial charge is 0.275 e. The molecule has 2 saturated heterocycles. The van der Waals surface area contributed by atoms with Crippen molar-refractivity contribution in [1.82, 2.24) is 19.5 Å². The van der Waals surface area contributed by atoms with Crippen LogP contribution in [0.15, 0.2) is 41.2 Å². The molecule has 168 valence electrons. The molecule has 0 bridgehead atoms. The van der Waals surface area contributed by atoms with Gasteiger partial charge in [0.25, 0.3) is 5.56 Å². The predicted molar refractivity (Wildman–Crippen MR) is 126 cm³/mol. The van der Waals surface area contributed by atoms with E-state index >= 15 is 0 Å². The molecule has 1 atom stereocenters. The van der Waals surface area contributed by atoms with E-state index in [0.29, 0.717) is 23.1 Å². The number of aromatic nitrogens is 3. The predicted octanol–water partition coefficient (Wildman–Crippen LogP) is 3.16. The first kappa shape index (κ1) is 21.1. The highest BCUT2D eigenvalue weighted by atomic mass is 32.1. The molecule has 2 aliphatic heterocycles. The Bertz CT molecular complexity index is 1150. The minimum absolute atomic E-state index is 0.00662. The van der Waals surface area contributed by atoms with Crippen LogP contribution >= 0.6 is 11.3 Å². The zero-order valence-electron chi connectivity index (χ0n) is 18.4. The van der Waals surface area contributed by atoms with Crippen molar-refractivity contribution in [2.24, 2.45) is 11.8 Å². The van der Waals surface area contributed by atoms with Crippen molar-refractivity contribution >= 4 is 27.3 Å². The van der Waals surface area contributed by atoms with Crippen LogP contribution in [-0.2, 0) is 11.2 Å². The van der Waals surface area contributed by atoms with Gasteiger partial charge in [-0.05, 0) is 50.5 Å². The third kappa shape index (κ3) is 4.41. The lowest BCUT2D eigenvalue weighted by Gasteiger charge is -2.37. The van der Waals surface area contributed by atoms with Gasteiger partial charge in [-0.2, -0.15) is 4.52 Å². The van der Waals surface area contributed by atoms with Gasteiger partial charge in [0.05, 0.1) is 5.92 Å². The van der Waals surface area contributed by atoms with Gasteiger partial charge in [0.2, 0.25) is 16.0 Å². The van der Waals surface area contributed by atoms with Gasteiger partial charge in [0, 0.05) is 37.9 Å². The number of hydrogen-bond donors (Lipinski definition) is 0. The molecule has 0 aliphatic carbocycles. The van der Waals surface area contributed by atoms with Gasteiger partial charge in [-0.15, -0.1) is 5.10 Å². The van der Waals surface area contributed by atoms with E-state index in [0.717, 1.165) is 56.9 Å². The second kappa shape index (κ2) is 9.02. The fourth-order valence-corrected chi connectivity index (χ4v) is 5.94. The van der Waals surface area contributed by atoms with Crippen LogP contribution in [0.1, 0.15) is 36.9 Å². The average molecular weight is 452 g/mol. The Morgan fingerprint density at radius 2 is 1.91 bits per heavy atom. The van der Waals surface area contributed by atoms with E-state index in [2.05, 4.69) is 50.2 Å². The van der Waals surface area contributed by atoms with Gasteiger partial charge in [0.15, 0.2) is 0 Å². The fraction of sp³-hybridized carbons (Fsp3) is 0.500. The van der Waals surface area contributed by atoms with Crippen LogP contribution in [-0.4, -0.2) is 51.6 Å². The molecule has 3 aromatic rings. The molecule has 4 heterocycles. The largest absolute Gasteiger partial charge is 0.346 e. The molecule has 2 aliphatic rings. The second-order valence-electron chi connectivity index (χ2n) is 9.06. The van der Waals surface area contributed by atoms with E-state index in [4.69, 9.17) is 0 Å². The SMILES string of the molecule is Cc1cc(=O)n2nc(N3CCC[C@H](C(=O)N4CCC(Cc5ccccc5)CC4)C3)sc2n1. The Morgan fingerprint density at radius 3 is 2.69 bits per heavy atom. The molecule has 0 saturated carbocycles. The van der Waals surface area contributed by atoms with E-state index < -0.39 is 0 Å². The lowest BCUT2D eigenvalue weighted by atomic mass is 9.89. The zero-order valence-corrected chi connectivity index (χ0v) is 19.3. The Balaban J connectivity index is 1.21. The molecule has 7 nitrogen and oxygen atoms in total. The number of amides is 1. The van der Waals surface area contributed by atoms with Gasteiger partial charge in [0.1, 0.15) is 0 Å². The van der Waals surface area contributed by atoms with Crippen molar-refractivity contribution in [2.75, 3.05) is 31.1 Å². The Labute approximate surface area is 191 Å². The first-order valence-corrected chi connectivity index (χ1v) is 12.3. The van der Waals surface area contributed by atoms with Gasteiger partial charge in [-0.3, -0.25) is 9.59 Å². The fourth-order valence-electron chi connectivity index (χ4n) is 4.95. The molecule has 1 amide bonds. The molecule has 1 aromatic carbocycles. The van der Waals surface area contributed by atoms with Gasteiger partial charge in [-0.1, -0.05) is 41.7 Å². The first-order chi connectivity index (χ1) is 15.6. The number of hydrogen-bond acceptors (Lipinski definition) is 6. The third-order valence-electron chi connectivity index (χ3n) is 6.70. The van der Waals surface area contributed by atoms with Gasteiger partial charge in [-0.25, -0.2) is 4.98 Å². The maximum absolute atomic E-state index is 13.3. The molecule has 0 N–H and O–H groups in total. The monoisotopic (exact) mass is 451 g/mol. The molecule has 0 spiro atoms. The summed E-state index contributed by atoms with van der Waals surface area (Å²) >= 11 is 1.42. The normalized spacial score (nSPS) is 20.1. The molecular formula is C24H29N5O2S. The summed E-state index contributed by atoms with van der Waals surface area (Å²) in [5, 5.41) is 5.27. The van der Waals surface area contributed by atoms with Crippen LogP contribution < -0.4 is 10.5 Å². The molecule has 0 unspecified atom stereocenters. The van der Waals surface area contributed by atoms with Crippen LogP contribution in [0.2, 0.25) is 0 Å². The highest BCUT2D eigenvalue weighted by Gasteiger charge is 2.32. The lowest BCUT2D eigenvalue weighted by molar-refractivity contribution is -0.137. The maximum Gasteiger partial charge on any atom is 0.275 e. The van der Waals surface area contributed by atoms with E-state index in [1.54, 1.807) is 0 Å². The summed E-state index contributed by atoms with van der Waals surface area (Å²) in [7, 11) is 0. The Hall–Kier alpha value is -2.74. The summed E-state index contributed by atoms with van der Waals surface area (Å²) in [6, 6.07) is 12.1. The van der Waals surface area contributed by atoms with Crippen LogP contribution in [0.3, 0.4) is 0 Å². The maximum atomic E-state index is 13.3. The minimum atomic E-state index is -0.155. The summed E-state index contributed by atoms with van der Waals surface area (Å²) in [5.74, 6) is 0.925. The summed E-state index contributed by atoms with van der Waals surface area (Å²) in [6.45, 7) is 5.05. The molecule has 2 fully saturated rings. The summed E-state index contributed by atoms with van der Waals surface area (Å²) in [6.07, 6.45) is 5.12. The van der Waals surface area contributed by atoms with E-state index in [9.17, 15) is 9.59 Å². The number of piperidine rings is 2. The van der Waals surface area contributed by atoms with Crippen LogP contribution in [0.25, 0.3) is 4.96 Å². The number of carbonyl (C=O) groups is 1. The third-order valence-corrected chi connectivity index (χ3v) is 7.67. The summed E-state index contributed by atoms with van der Waals surface area (Å²) < 4.78 is 1.37. The number of rotatable bonds is 4. The van der Waals surface area contributed by atoms with Crippen molar-refractivity contribution in [3.8, 4) is 0 Å². The number of likely N-dealkylation sites (tertiary alicyclic amines) is 1. The zero-order chi connectivity index (χ0) is 22.1. The number of anilines is 1. The number of carbonyl (C=O) groups excluding carboxylic acids is 1. The van der Waals surface area contributed by atoms with E-state index in [1.165, 1.54) is 27.5 Å². The molecule has 8 heteroatoms. The average Bonchev–Trinajstić information content (AvgIpc) is 3.24. The van der Waals surface area contributed by atoms with Crippen LogP contribution in [0.4, 0.5) is 5.13 Å². The van der Waals surface area contributed by atoms with Crippen molar-refractivity contribution in [2.45, 2.75) is 39.0 Å². The lowest BCUT2D eigenvalue weighted by Crippen LogP contribution is -2.47. The van der Waals surface area contributed by atoms with Crippen molar-refractivity contribution in [3.63, 3.8) is 0 Å². The molecule has 32 heavy (non-hydrogen) atoms. The van der Waals surface area contributed by atoms with E-state index in [-0.39, 0.29) is 17.4 Å². The molecule has 0 radical (unpaired) electrons. The first-order valence-electron chi connectivity index (χ1n) is 11.5. The number of aryl methyl sites for hydroxylation is 1. The van der Waals surface area contributed by atoms with Crippen LogP contribution in [0.5, 0.6) is 0 Å². The summed E-state index contributed by atoms with van der Waals surface area (Å²) in [4.78, 5) is 34.8. The molecular weight excluding hydrogens is 422 g/mol. The van der Waals surface area contributed by atoms with Gasteiger partial charge < -0.3 is 9.80 Å². The number of fused-ring (bicyclic) bond motifs is 1. The standard InChI is InChI=1S/C24H29N5O2S/c1-17-14-21(30)29-23(25-17)32-24(26-29)28-11-5-8-20(16-28)22(31)27-12-9-19(10-13-27)15-18-6-3-2-4-7-18/h2-4,6-7,14,19-20H,5,8-13,15-16H2,1H3/t20-/m0/s1. The Kier molecular flexibility index (Phi) is 5.95. The molecule has 2 aromatic heterocycles. The summed E-state index contributed by atoms with van der Waals surface area (Å²) in [5.41, 5.74) is 1.94. The second-order valence-corrected chi connectivity index (χ2v) is 9.99. The number of nitrogens with zero attached hydrogens (tertiary/aromatic N) is 5. The number of benzene rings is 1. The highest BCUT2D eigenvalue weighted by molar-refractivity contribution is 7.20. The quantitative estimate of drug-likeness (QED) is 0.609. The topological polar surface area (TPSA) is 70.8 Å². The van der Waals surface area contributed by atoms with Crippen LogP contribution in [0, 0.1) is 18.8 Å². The van der Waals surface area contributed by atoms with E-state index in [1.807, 2.05) is 6.92 Å². The van der Waals surface area contributed by atoms with Gasteiger partial charge >= 0.3 is 0 Å². The molecule has 5 rings (SSSR count). The minimum Gasteiger partial charge on any atom is -0.346 e. The highest BCUT2D eigenvalue weighted by Crippen LogP contribution is 2.29. The van der Waals surface area contributed by atoms with Crippen molar-refractivity contribution in [3.05, 3.63) is 58.0 Å².